The van der Waals surface area contributed by atoms with Gasteiger partial charge in [0.25, 0.3) is 0 Å². The molecule has 11 heavy (non-hydrogen) atoms. The van der Waals surface area contributed by atoms with Gasteiger partial charge in [-0.25, -0.2) is 0 Å². The zero-order chi connectivity index (χ0) is 8.69. The zero-order valence-electron chi connectivity index (χ0n) is 5.84. The third kappa shape index (κ3) is 6.47. The highest BCUT2D eigenvalue weighted by Crippen LogP contribution is 2.12. The summed E-state index contributed by atoms with van der Waals surface area (Å²) in [6.45, 7) is 1.99. The van der Waals surface area contributed by atoms with E-state index in [4.69, 9.17) is 22.3 Å². The Labute approximate surface area is 78.6 Å². The molecular formula is C5H7Cl2NO2S. The smallest absolute Gasteiger partial charge is 0.327 e. The van der Waals surface area contributed by atoms with Gasteiger partial charge in [0.15, 0.2) is 4.50 Å². The third-order valence-corrected chi connectivity index (χ3v) is 1.98. The molecule has 0 aromatic carbocycles. The van der Waals surface area contributed by atoms with Crippen LogP contribution in [0.2, 0.25) is 0 Å². The molecule has 0 saturated carbocycles. The van der Waals surface area contributed by atoms with Crippen LogP contribution in [-0.2, 0) is 9.53 Å². The van der Waals surface area contributed by atoms with Gasteiger partial charge in [0.2, 0.25) is 0 Å². The summed E-state index contributed by atoms with van der Waals surface area (Å²) in [4.78, 5) is 14.2. The van der Waals surface area contributed by atoms with Crippen LogP contribution in [0.25, 0.3) is 0 Å². The van der Waals surface area contributed by atoms with E-state index in [9.17, 15) is 4.79 Å². The second kappa shape index (κ2) is 6.76. The first-order chi connectivity index (χ1) is 5.20. The standard InChI is InChI=1S/C5H7Cl2NO2S/c1-2-10-4(9)3-8-5(6)11-7/h2-3H2,1H3. The molecule has 0 aromatic heterocycles. The van der Waals surface area contributed by atoms with Crippen molar-refractivity contribution in [2.75, 3.05) is 13.2 Å². The van der Waals surface area contributed by atoms with E-state index in [1.54, 1.807) is 6.92 Å². The Kier molecular flexibility index (Phi) is 6.80. The highest BCUT2D eigenvalue weighted by atomic mass is 35.7. The van der Waals surface area contributed by atoms with Gasteiger partial charge < -0.3 is 4.74 Å². The molecule has 3 nitrogen and oxygen atoms in total. The average Bonchev–Trinajstić information content (AvgIpc) is 2.01. The number of carbonyl (C=O) groups is 1. The zero-order valence-corrected chi connectivity index (χ0v) is 8.17. The molecule has 0 fully saturated rings. The number of carbonyl (C=O) groups excluding carboxylic acids is 1. The van der Waals surface area contributed by atoms with Crippen LogP contribution in [0.4, 0.5) is 0 Å². The number of halogens is 2. The molecule has 0 aliphatic rings. The van der Waals surface area contributed by atoms with E-state index in [-0.39, 0.29) is 11.0 Å². The van der Waals surface area contributed by atoms with Gasteiger partial charge in [0.05, 0.1) is 6.61 Å². The number of hydrogen-bond donors (Lipinski definition) is 0. The van der Waals surface area contributed by atoms with Gasteiger partial charge in [-0.05, 0) is 17.6 Å². The van der Waals surface area contributed by atoms with Crippen LogP contribution in [0.15, 0.2) is 4.99 Å². The fourth-order valence-electron chi connectivity index (χ4n) is 0.358. The third-order valence-electron chi connectivity index (χ3n) is 0.701. The summed E-state index contributed by atoms with van der Waals surface area (Å²) in [6, 6.07) is 0. The first-order valence-corrected chi connectivity index (χ1v) is 4.87. The Hall–Kier alpha value is 0.0700. The number of nitrogens with zero attached hydrogens (tertiary/aromatic N) is 1. The molecule has 0 atom stereocenters. The number of rotatable bonds is 3. The molecule has 6 heteroatoms. The van der Waals surface area contributed by atoms with E-state index in [1.807, 2.05) is 0 Å². The second-order valence-corrected chi connectivity index (χ2v) is 3.04. The Morgan fingerprint density at radius 2 is 2.36 bits per heavy atom. The summed E-state index contributed by atoms with van der Waals surface area (Å²) in [6.07, 6.45) is 0. The highest BCUT2D eigenvalue weighted by Gasteiger charge is 1.99. The van der Waals surface area contributed by atoms with Gasteiger partial charge >= 0.3 is 5.97 Å². The molecule has 0 amide bonds. The van der Waals surface area contributed by atoms with Gasteiger partial charge in [0, 0.05) is 11.0 Å². The molecule has 0 bridgehead atoms. The lowest BCUT2D eigenvalue weighted by Gasteiger charge is -1.96. The Morgan fingerprint density at radius 3 is 2.82 bits per heavy atom. The number of ether oxygens (including phenoxy) is 1. The Bertz CT molecular complexity index is 163. The van der Waals surface area contributed by atoms with Crippen LogP contribution in [0.5, 0.6) is 0 Å². The molecule has 0 N–H and O–H groups in total. The van der Waals surface area contributed by atoms with E-state index in [0.29, 0.717) is 6.61 Å². The largest absolute Gasteiger partial charge is 0.465 e. The molecule has 0 heterocycles. The van der Waals surface area contributed by atoms with Crippen molar-refractivity contribution in [1.82, 2.24) is 0 Å². The van der Waals surface area contributed by atoms with Crippen molar-refractivity contribution < 1.29 is 9.53 Å². The van der Waals surface area contributed by atoms with Crippen LogP contribution >= 0.6 is 33.3 Å². The molecule has 64 valence electrons. The minimum absolute atomic E-state index is 0.0770. The topological polar surface area (TPSA) is 38.7 Å². The molecule has 0 aromatic rings. The van der Waals surface area contributed by atoms with Gasteiger partial charge in [-0.3, -0.25) is 9.79 Å². The molecule has 0 spiro atoms. The van der Waals surface area contributed by atoms with Crippen LogP contribution in [-0.4, -0.2) is 23.6 Å². The fraction of sp³-hybridized carbons (Fsp3) is 0.600. The number of esters is 1. The normalized spacial score (nSPS) is 11.4. The molecule has 0 aliphatic heterocycles. The summed E-state index contributed by atoms with van der Waals surface area (Å²) in [7, 11) is 5.98. The van der Waals surface area contributed by atoms with E-state index in [1.165, 1.54) is 0 Å². The van der Waals surface area contributed by atoms with Crippen molar-refractivity contribution in [3.8, 4) is 0 Å². The van der Waals surface area contributed by atoms with Crippen LogP contribution in [0, 0.1) is 0 Å². The molecule has 0 aliphatic carbocycles. The van der Waals surface area contributed by atoms with Gasteiger partial charge in [0.1, 0.15) is 6.54 Å². The van der Waals surface area contributed by atoms with Gasteiger partial charge in [-0.1, -0.05) is 11.6 Å². The van der Waals surface area contributed by atoms with Gasteiger partial charge in [-0.15, -0.1) is 0 Å². The van der Waals surface area contributed by atoms with Crippen molar-refractivity contribution in [2.45, 2.75) is 6.92 Å². The lowest BCUT2D eigenvalue weighted by Crippen LogP contribution is -2.07. The minimum atomic E-state index is -0.406. The summed E-state index contributed by atoms with van der Waals surface area (Å²) in [5, 5.41) is 0. The molecular weight excluding hydrogens is 209 g/mol. The van der Waals surface area contributed by atoms with Crippen molar-refractivity contribution in [2.24, 2.45) is 4.99 Å². The maximum atomic E-state index is 10.6. The summed E-state index contributed by atoms with van der Waals surface area (Å²) < 4.78 is 4.72. The molecule has 0 saturated heterocycles. The summed E-state index contributed by atoms with van der Waals surface area (Å²) >= 11 is 5.38. The maximum absolute atomic E-state index is 10.6. The van der Waals surface area contributed by atoms with Gasteiger partial charge in [-0.2, -0.15) is 0 Å². The average molecular weight is 216 g/mol. The van der Waals surface area contributed by atoms with Crippen molar-refractivity contribution in [3.63, 3.8) is 0 Å². The number of aliphatic imine (C=N–C) groups is 1. The molecule has 0 rings (SSSR count). The monoisotopic (exact) mass is 215 g/mol. The summed E-state index contributed by atoms with van der Waals surface area (Å²) in [5.41, 5.74) is 0. The predicted octanol–water partition coefficient (Wildman–Crippen LogP) is 2.03. The first-order valence-electron chi connectivity index (χ1n) is 2.84. The van der Waals surface area contributed by atoms with E-state index < -0.39 is 5.97 Å². The molecule has 0 unspecified atom stereocenters. The lowest BCUT2D eigenvalue weighted by molar-refractivity contribution is -0.141. The van der Waals surface area contributed by atoms with Crippen LogP contribution in [0.3, 0.4) is 0 Å². The fourth-order valence-corrected chi connectivity index (χ4v) is 0.677. The lowest BCUT2D eigenvalue weighted by atomic mass is 10.7. The SMILES string of the molecule is CCOC(=O)CN=C(Cl)SCl. The van der Waals surface area contributed by atoms with Crippen LogP contribution < -0.4 is 0 Å². The molecule has 0 radical (unpaired) electrons. The van der Waals surface area contributed by atoms with Crippen molar-refractivity contribution in [1.29, 1.82) is 0 Å². The van der Waals surface area contributed by atoms with E-state index >= 15 is 0 Å². The van der Waals surface area contributed by atoms with Crippen molar-refractivity contribution >= 4 is 43.7 Å². The summed E-state index contributed by atoms with van der Waals surface area (Å²) in [5.74, 6) is -0.406. The first kappa shape index (κ1) is 11.1. The minimum Gasteiger partial charge on any atom is -0.465 e. The van der Waals surface area contributed by atoms with E-state index in [2.05, 4.69) is 9.73 Å². The highest BCUT2D eigenvalue weighted by molar-refractivity contribution is 8.34. The number of hydrogen-bond acceptors (Lipinski definition) is 4. The Morgan fingerprint density at radius 1 is 1.73 bits per heavy atom. The Balaban J connectivity index is 3.60. The van der Waals surface area contributed by atoms with Crippen LogP contribution in [0.1, 0.15) is 6.92 Å². The van der Waals surface area contributed by atoms with E-state index in [0.717, 1.165) is 11.0 Å². The predicted molar refractivity (Wildman–Crippen MR) is 48.2 cm³/mol. The van der Waals surface area contributed by atoms with Crippen molar-refractivity contribution in [3.05, 3.63) is 0 Å². The second-order valence-electron chi connectivity index (χ2n) is 1.45. The maximum Gasteiger partial charge on any atom is 0.327 e. The quantitative estimate of drug-likeness (QED) is 0.411.